The van der Waals surface area contributed by atoms with E-state index in [1.54, 1.807) is 0 Å². The van der Waals surface area contributed by atoms with Crippen molar-refractivity contribution in [2.24, 2.45) is 5.92 Å². The molecule has 0 aliphatic heterocycles. The van der Waals surface area contributed by atoms with Gasteiger partial charge in [-0.15, -0.1) is 0 Å². The van der Waals surface area contributed by atoms with Gasteiger partial charge < -0.3 is 0 Å². The highest BCUT2D eigenvalue weighted by molar-refractivity contribution is 5.10. The van der Waals surface area contributed by atoms with Crippen LogP contribution in [0.3, 0.4) is 0 Å². The van der Waals surface area contributed by atoms with E-state index in [9.17, 15) is 10.1 Å². The summed E-state index contributed by atoms with van der Waals surface area (Å²) in [7, 11) is 0. The minimum absolute atomic E-state index is 0.152. The molecule has 62 valence electrons. The molecule has 11 heavy (non-hydrogen) atoms. The summed E-state index contributed by atoms with van der Waals surface area (Å²) in [6.07, 6.45) is 2.97. The van der Waals surface area contributed by atoms with Crippen molar-refractivity contribution in [1.29, 1.82) is 0 Å². The Balaban J connectivity index is 2.91. The van der Waals surface area contributed by atoms with E-state index in [4.69, 9.17) is 0 Å². The molecule has 1 unspecified atom stereocenters. The van der Waals surface area contributed by atoms with E-state index in [1.165, 1.54) is 0 Å². The Morgan fingerprint density at radius 1 is 1.64 bits per heavy atom. The fraction of sp³-hybridized carbons (Fsp3) is 0.750. The maximum Gasteiger partial charge on any atom is 0.247 e. The van der Waals surface area contributed by atoms with Crippen molar-refractivity contribution in [3.63, 3.8) is 0 Å². The molecule has 3 heteroatoms. The van der Waals surface area contributed by atoms with Gasteiger partial charge in [0.15, 0.2) is 0 Å². The van der Waals surface area contributed by atoms with Crippen LogP contribution in [0.5, 0.6) is 0 Å². The molecule has 0 fully saturated rings. The van der Waals surface area contributed by atoms with Crippen LogP contribution < -0.4 is 0 Å². The fourth-order valence-corrected chi connectivity index (χ4v) is 1.69. The van der Waals surface area contributed by atoms with Gasteiger partial charge in [0, 0.05) is 11.5 Å². The number of rotatable bonds is 1. The van der Waals surface area contributed by atoms with Crippen molar-refractivity contribution >= 4 is 0 Å². The quantitative estimate of drug-likeness (QED) is 0.431. The molecular formula is C8H13NO2. The van der Waals surface area contributed by atoms with E-state index in [0.29, 0.717) is 5.70 Å². The average molecular weight is 155 g/mol. The second-order valence-electron chi connectivity index (χ2n) is 3.22. The SMILES string of the molecule is CC1=C([N+](=O)[O-])C(C)CCC1. The van der Waals surface area contributed by atoms with Crippen molar-refractivity contribution in [2.45, 2.75) is 33.1 Å². The number of hydrogen-bond donors (Lipinski definition) is 0. The summed E-state index contributed by atoms with van der Waals surface area (Å²) >= 11 is 0. The lowest BCUT2D eigenvalue weighted by Crippen LogP contribution is -2.15. The molecule has 0 radical (unpaired) electrons. The van der Waals surface area contributed by atoms with Gasteiger partial charge in [0.25, 0.3) is 0 Å². The molecule has 0 amide bonds. The van der Waals surface area contributed by atoms with E-state index in [1.807, 2.05) is 13.8 Å². The van der Waals surface area contributed by atoms with Crippen LogP contribution in [0.25, 0.3) is 0 Å². The van der Waals surface area contributed by atoms with Crippen molar-refractivity contribution in [1.82, 2.24) is 0 Å². The van der Waals surface area contributed by atoms with Crippen LogP contribution in [0.2, 0.25) is 0 Å². The topological polar surface area (TPSA) is 43.1 Å². The Morgan fingerprint density at radius 3 is 2.64 bits per heavy atom. The maximum absolute atomic E-state index is 10.5. The summed E-state index contributed by atoms with van der Waals surface area (Å²) in [6.45, 7) is 3.80. The van der Waals surface area contributed by atoms with Crippen LogP contribution in [-0.4, -0.2) is 4.92 Å². The lowest BCUT2D eigenvalue weighted by Gasteiger charge is -2.16. The summed E-state index contributed by atoms with van der Waals surface area (Å²) in [4.78, 5) is 10.3. The Hall–Kier alpha value is -0.860. The predicted molar refractivity (Wildman–Crippen MR) is 42.7 cm³/mol. The first-order chi connectivity index (χ1) is 5.13. The largest absolute Gasteiger partial charge is 0.259 e. The van der Waals surface area contributed by atoms with E-state index < -0.39 is 0 Å². The lowest BCUT2D eigenvalue weighted by atomic mass is 9.89. The third kappa shape index (κ3) is 1.59. The van der Waals surface area contributed by atoms with Gasteiger partial charge in [-0.25, -0.2) is 0 Å². The first-order valence-electron chi connectivity index (χ1n) is 3.97. The van der Waals surface area contributed by atoms with E-state index in [-0.39, 0.29) is 10.8 Å². The highest BCUT2D eigenvalue weighted by Gasteiger charge is 2.26. The summed E-state index contributed by atoms with van der Waals surface area (Å²) in [5.41, 5.74) is 1.42. The number of nitrogens with zero attached hydrogens (tertiary/aromatic N) is 1. The van der Waals surface area contributed by atoms with Gasteiger partial charge in [-0.3, -0.25) is 10.1 Å². The monoisotopic (exact) mass is 155 g/mol. The van der Waals surface area contributed by atoms with Gasteiger partial charge >= 0.3 is 0 Å². The third-order valence-corrected chi connectivity index (χ3v) is 2.29. The molecular weight excluding hydrogens is 142 g/mol. The van der Waals surface area contributed by atoms with Crippen LogP contribution >= 0.6 is 0 Å². The molecule has 0 N–H and O–H groups in total. The zero-order chi connectivity index (χ0) is 8.43. The first-order valence-corrected chi connectivity index (χ1v) is 3.97. The Kier molecular flexibility index (Phi) is 2.27. The molecule has 0 heterocycles. The van der Waals surface area contributed by atoms with Gasteiger partial charge in [-0.1, -0.05) is 6.92 Å². The molecule has 0 bridgehead atoms. The Bertz CT molecular complexity index is 208. The van der Waals surface area contributed by atoms with Crippen molar-refractivity contribution in [3.05, 3.63) is 21.4 Å². The van der Waals surface area contributed by atoms with Crippen molar-refractivity contribution in [2.75, 3.05) is 0 Å². The van der Waals surface area contributed by atoms with Gasteiger partial charge in [0.05, 0.1) is 4.92 Å². The highest BCUT2D eigenvalue weighted by atomic mass is 16.6. The minimum Gasteiger partial charge on any atom is -0.259 e. The number of allylic oxidation sites excluding steroid dienone is 2. The second-order valence-corrected chi connectivity index (χ2v) is 3.22. The summed E-state index contributed by atoms with van der Waals surface area (Å²) in [5.74, 6) is 0.152. The smallest absolute Gasteiger partial charge is 0.247 e. The second kappa shape index (κ2) is 3.03. The van der Waals surface area contributed by atoms with Crippen LogP contribution in [0, 0.1) is 16.0 Å². The van der Waals surface area contributed by atoms with Crippen LogP contribution in [0.15, 0.2) is 11.3 Å². The fourth-order valence-electron chi connectivity index (χ4n) is 1.69. The molecule has 0 saturated heterocycles. The van der Waals surface area contributed by atoms with Crippen LogP contribution in [-0.2, 0) is 0 Å². The standard InChI is InChI=1S/C8H13NO2/c1-6-4-3-5-7(2)8(6)9(10)11/h6H,3-5H2,1-2H3. The van der Waals surface area contributed by atoms with Crippen LogP contribution in [0.4, 0.5) is 0 Å². The molecule has 0 aromatic carbocycles. The molecule has 0 aromatic rings. The van der Waals surface area contributed by atoms with E-state index in [0.717, 1.165) is 24.8 Å². The molecule has 1 atom stereocenters. The van der Waals surface area contributed by atoms with Gasteiger partial charge in [0.1, 0.15) is 0 Å². The van der Waals surface area contributed by atoms with Crippen molar-refractivity contribution < 1.29 is 4.92 Å². The molecule has 0 saturated carbocycles. The van der Waals surface area contributed by atoms with Crippen molar-refractivity contribution in [3.8, 4) is 0 Å². The maximum atomic E-state index is 10.5. The van der Waals surface area contributed by atoms with E-state index >= 15 is 0 Å². The zero-order valence-corrected chi connectivity index (χ0v) is 6.96. The molecule has 0 spiro atoms. The average Bonchev–Trinajstić information content (AvgIpc) is 1.85. The summed E-state index contributed by atoms with van der Waals surface area (Å²) < 4.78 is 0. The summed E-state index contributed by atoms with van der Waals surface area (Å²) in [5, 5.41) is 10.5. The highest BCUT2D eigenvalue weighted by Crippen LogP contribution is 2.29. The van der Waals surface area contributed by atoms with E-state index in [2.05, 4.69) is 0 Å². The minimum atomic E-state index is -0.223. The predicted octanol–water partition coefficient (Wildman–Crippen LogP) is 2.36. The normalized spacial score (nSPS) is 25.5. The number of nitro groups is 1. The lowest BCUT2D eigenvalue weighted by molar-refractivity contribution is -0.435. The molecule has 3 nitrogen and oxygen atoms in total. The zero-order valence-electron chi connectivity index (χ0n) is 6.96. The van der Waals surface area contributed by atoms with Gasteiger partial charge in [-0.05, 0) is 26.2 Å². The van der Waals surface area contributed by atoms with Crippen LogP contribution in [0.1, 0.15) is 33.1 Å². The molecule has 1 aliphatic carbocycles. The van der Waals surface area contributed by atoms with Gasteiger partial charge in [-0.2, -0.15) is 0 Å². The third-order valence-electron chi connectivity index (χ3n) is 2.29. The Morgan fingerprint density at radius 2 is 2.27 bits per heavy atom. The molecule has 0 aromatic heterocycles. The number of hydrogen-bond acceptors (Lipinski definition) is 2. The summed E-state index contributed by atoms with van der Waals surface area (Å²) in [6, 6.07) is 0. The first kappa shape index (κ1) is 8.24. The Labute approximate surface area is 66.3 Å². The van der Waals surface area contributed by atoms with Gasteiger partial charge in [0.2, 0.25) is 5.70 Å². The molecule has 1 rings (SSSR count). The molecule has 1 aliphatic rings.